The fourth-order valence-electron chi connectivity index (χ4n) is 3.73. The van der Waals surface area contributed by atoms with E-state index < -0.39 is 0 Å². The first-order valence-electron chi connectivity index (χ1n) is 10.3. The van der Waals surface area contributed by atoms with E-state index in [1.165, 1.54) is 18.2 Å². The minimum absolute atomic E-state index is 0.0847. The maximum absolute atomic E-state index is 12.3. The van der Waals surface area contributed by atoms with Gasteiger partial charge in [0.2, 0.25) is 0 Å². The standard InChI is InChI=1S/C25H30N2O3/c1-29-17-15-23(27-16-9-14-24(27)25(28)30-2)20-26(18-21-10-5-3-6-11-21)19-22-12-7-4-8-13-22/h3-14,16,23H,15,17-20H2,1-2H3/t23-/m0/s1. The zero-order valence-electron chi connectivity index (χ0n) is 17.7. The molecule has 158 valence electrons. The van der Waals surface area contributed by atoms with Crippen LogP contribution in [0.3, 0.4) is 0 Å². The molecule has 5 nitrogen and oxygen atoms in total. The highest BCUT2D eigenvalue weighted by atomic mass is 16.5. The molecule has 0 unspecified atom stereocenters. The van der Waals surface area contributed by atoms with Crippen molar-refractivity contribution in [1.82, 2.24) is 9.47 Å². The SMILES string of the molecule is COCC[C@@H](CN(Cc1ccccc1)Cc1ccccc1)n1cccc1C(=O)OC. The molecule has 3 aromatic rings. The molecule has 30 heavy (non-hydrogen) atoms. The molecule has 0 saturated heterocycles. The van der Waals surface area contributed by atoms with Gasteiger partial charge in [0.15, 0.2) is 0 Å². The Morgan fingerprint density at radius 2 is 1.50 bits per heavy atom. The van der Waals surface area contributed by atoms with E-state index in [9.17, 15) is 4.79 Å². The average Bonchev–Trinajstić information content (AvgIpc) is 3.27. The van der Waals surface area contributed by atoms with Gasteiger partial charge < -0.3 is 14.0 Å². The lowest BCUT2D eigenvalue weighted by molar-refractivity contribution is 0.0580. The Morgan fingerprint density at radius 1 is 0.900 bits per heavy atom. The summed E-state index contributed by atoms with van der Waals surface area (Å²) in [7, 11) is 3.13. The van der Waals surface area contributed by atoms with Crippen LogP contribution in [0.15, 0.2) is 79.0 Å². The Kier molecular flexibility index (Phi) is 8.24. The molecule has 3 rings (SSSR count). The Hall–Kier alpha value is -2.89. The summed E-state index contributed by atoms with van der Waals surface area (Å²) in [5.41, 5.74) is 3.09. The van der Waals surface area contributed by atoms with Crippen LogP contribution < -0.4 is 0 Å². The molecule has 1 atom stereocenters. The topological polar surface area (TPSA) is 43.7 Å². The van der Waals surface area contributed by atoms with Crippen LogP contribution in [-0.2, 0) is 22.6 Å². The van der Waals surface area contributed by atoms with Gasteiger partial charge in [-0.05, 0) is 29.7 Å². The van der Waals surface area contributed by atoms with Crippen LogP contribution in [0, 0.1) is 0 Å². The molecule has 0 amide bonds. The minimum Gasteiger partial charge on any atom is -0.464 e. The highest BCUT2D eigenvalue weighted by Gasteiger charge is 2.21. The second-order valence-corrected chi connectivity index (χ2v) is 7.37. The van der Waals surface area contributed by atoms with Gasteiger partial charge in [-0.15, -0.1) is 0 Å². The monoisotopic (exact) mass is 406 g/mol. The van der Waals surface area contributed by atoms with Gasteiger partial charge in [-0.2, -0.15) is 0 Å². The molecule has 1 aromatic heterocycles. The van der Waals surface area contributed by atoms with Crippen LogP contribution in [-0.4, -0.2) is 42.8 Å². The predicted octanol–water partition coefficient (Wildman–Crippen LogP) is 4.55. The minimum atomic E-state index is -0.319. The molecular formula is C25H30N2O3. The summed E-state index contributed by atoms with van der Waals surface area (Å²) < 4.78 is 12.4. The first-order chi connectivity index (χ1) is 14.7. The third kappa shape index (κ3) is 6.05. The summed E-state index contributed by atoms with van der Waals surface area (Å²) in [5.74, 6) is -0.319. The van der Waals surface area contributed by atoms with Crippen LogP contribution in [0.1, 0.15) is 34.1 Å². The zero-order valence-corrected chi connectivity index (χ0v) is 17.7. The maximum atomic E-state index is 12.3. The molecule has 0 radical (unpaired) electrons. The Labute approximate surface area is 178 Å². The molecule has 0 aliphatic rings. The smallest absolute Gasteiger partial charge is 0.354 e. The fourth-order valence-corrected chi connectivity index (χ4v) is 3.73. The van der Waals surface area contributed by atoms with Gasteiger partial charge in [0, 0.05) is 45.6 Å². The van der Waals surface area contributed by atoms with Crippen LogP contribution in [0.4, 0.5) is 0 Å². The first kappa shape index (κ1) is 21.8. The van der Waals surface area contributed by atoms with Crippen molar-refractivity contribution in [3.63, 3.8) is 0 Å². The van der Waals surface area contributed by atoms with Gasteiger partial charge in [-0.1, -0.05) is 60.7 Å². The summed E-state index contributed by atoms with van der Waals surface area (Å²) in [6.45, 7) is 3.06. The number of hydrogen-bond donors (Lipinski definition) is 0. The fraction of sp³-hybridized carbons (Fsp3) is 0.320. The lowest BCUT2D eigenvalue weighted by Crippen LogP contribution is -2.32. The summed E-state index contributed by atoms with van der Waals surface area (Å²) in [4.78, 5) is 14.7. The molecule has 0 bridgehead atoms. The van der Waals surface area contributed by atoms with Gasteiger partial charge in [-0.3, -0.25) is 4.90 Å². The molecule has 0 saturated carbocycles. The van der Waals surface area contributed by atoms with Crippen molar-refractivity contribution in [2.75, 3.05) is 27.4 Å². The van der Waals surface area contributed by atoms with E-state index in [1.54, 1.807) is 7.11 Å². The number of esters is 1. The average molecular weight is 407 g/mol. The Balaban J connectivity index is 1.85. The molecule has 0 aliphatic carbocycles. The van der Waals surface area contributed by atoms with Crippen molar-refractivity contribution in [3.8, 4) is 0 Å². The molecular weight excluding hydrogens is 376 g/mol. The van der Waals surface area contributed by atoms with Gasteiger partial charge >= 0.3 is 5.97 Å². The van der Waals surface area contributed by atoms with E-state index in [2.05, 4.69) is 53.4 Å². The van der Waals surface area contributed by atoms with Crippen LogP contribution in [0.25, 0.3) is 0 Å². The maximum Gasteiger partial charge on any atom is 0.354 e. The van der Waals surface area contributed by atoms with E-state index in [1.807, 2.05) is 35.0 Å². The van der Waals surface area contributed by atoms with Crippen molar-refractivity contribution < 1.29 is 14.3 Å². The summed E-state index contributed by atoms with van der Waals surface area (Å²) in [6, 6.07) is 24.7. The number of carbonyl (C=O) groups is 1. The second-order valence-electron chi connectivity index (χ2n) is 7.37. The molecule has 0 spiro atoms. The summed E-state index contributed by atoms with van der Waals surface area (Å²) in [6.07, 6.45) is 2.76. The van der Waals surface area contributed by atoms with Crippen molar-refractivity contribution in [3.05, 3.63) is 95.8 Å². The van der Waals surface area contributed by atoms with E-state index in [0.29, 0.717) is 12.3 Å². The normalized spacial score (nSPS) is 12.1. The lowest BCUT2D eigenvalue weighted by atomic mass is 10.1. The molecule has 5 heteroatoms. The van der Waals surface area contributed by atoms with Crippen LogP contribution in [0.2, 0.25) is 0 Å². The number of aromatic nitrogens is 1. The van der Waals surface area contributed by atoms with E-state index in [-0.39, 0.29) is 12.0 Å². The molecule has 0 fully saturated rings. The predicted molar refractivity (Wildman–Crippen MR) is 118 cm³/mol. The van der Waals surface area contributed by atoms with E-state index in [4.69, 9.17) is 9.47 Å². The van der Waals surface area contributed by atoms with Gasteiger partial charge in [0.05, 0.1) is 7.11 Å². The van der Waals surface area contributed by atoms with Crippen LogP contribution in [0.5, 0.6) is 0 Å². The number of rotatable bonds is 11. The quantitative estimate of drug-likeness (QED) is 0.438. The third-order valence-electron chi connectivity index (χ3n) is 5.19. The molecule has 0 aliphatic heterocycles. The van der Waals surface area contributed by atoms with Crippen LogP contribution >= 0.6 is 0 Å². The Morgan fingerprint density at radius 3 is 2.03 bits per heavy atom. The molecule has 0 N–H and O–H groups in total. The molecule has 1 heterocycles. The van der Waals surface area contributed by atoms with Crippen molar-refractivity contribution in [2.45, 2.75) is 25.6 Å². The highest BCUT2D eigenvalue weighted by molar-refractivity contribution is 5.87. The third-order valence-corrected chi connectivity index (χ3v) is 5.19. The second kappa shape index (κ2) is 11.3. The van der Waals surface area contributed by atoms with Crippen molar-refractivity contribution in [2.24, 2.45) is 0 Å². The number of carbonyl (C=O) groups excluding carboxylic acids is 1. The number of nitrogens with zero attached hydrogens (tertiary/aromatic N) is 2. The van der Waals surface area contributed by atoms with Gasteiger partial charge in [0.1, 0.15) is 5.69 Å². The van der Waals surface area contributed by atoms with Crippen molar-refractivity contribution in [1.29, 1.82) is 0 Å². The highest BCUT2D eigenvalue weighted by Crippen LogP contribution is 2.21. The first-order valence-corrected chi connectivity index (χ1v) is 10.3. The summed E-state index contributed by atoms with van der Waals surface area (Å²) in [5, 5.41) is 0. The number of methoxy groups -OCH3 is 2. The van der Waals surface area contributed by atoms with Gasteiger partial charge in [0.25, 0.3) is 0 Å². The lowest BCUT2D eigenvalue weighted by Gasteiger charge is -2.29. The number of benzene rings is 2. The largest absolute Gasteiger partial charge is 0.464 e. The zero-order chi connectivity index (χ0) is 21.2. The van der Waals surface area contributed by atoms with Gasteiger partial charge in [-0.25, -0.2) is 4.79 Å². The van der Waals surface area contributed by atoms with E-state index in [0.717, 1.165) is 26.1 Å². The van der Waals surface area contributed by atoms with E-state index >= 15 is 0 Å². The number of ether oxygens (including phenoxy) is 2. The summed E-state index contributed by atoms with van der Waals surface area (Å²) >= 11 is 0. The Bertz CT molecular complexity index is 852. The number of hydrogen-bond acceptors (Lipinski definition) is 4. The molecule has 2 aromatic carbocycles. The van der Waals surface area contributed by atoms with Crippen molar-refractivity contribution >= 4 is 5.97 Å².